The van der Waals surface area contributed by atoms with E-state index in [2.05, 4.69) is 26.0 Å². The lowest BCUT2D eigenvalue weighted by Gasteiger charge is -2.20. The van der Waals surface area contributed by atoms with Crippen LogP contribution < -0.4 is 0 Å². The van der Waals surface area contributed by atoms with E-state index in [1.54, 1.807) is 0 Å². The molecule has 0 aromatic heterocycles. The van der Waals surface area contributed by atoms with Gasteiger partial charge in [-0.25, -0.2) is 4.57 Å². The van der Waals surface area contributed by atoms with Crippen LogP contribution in [0.1, 0.15) is 277 Å². The SMILES string of the molecule is CCCCCCCCCC/C=C\CCCCCCCCCCCCOCC(COP(=O)(O)OCC(O)CO)OC(=O)CCCCCCCCCCCCCCCCCCCCCC. The maximum atomic E-state index is 12.7. The van der Waals surface area contributed by atoms with Crippen molar-refractivity contribution in [2.45, 2.75) is 289 Å². The summed E-state index contributed by atoms with van der Waals surface area (Å²) in [6.45, 7) is 3.59. The van der Waals surface area contributed by atoms with Gasteiger partial charge in [-0.15, -0.1) is 0 Å². The Balaban J connectivity index is 4.00. The minimum atomic E-state index is -4.52. The fourth-order valence-electron chi connectivity index (χ4n) is 8.06. The van der Waals surface area contributed by atoms with E-state index in [0.29, 0.717) is 6.61 Å². The third kappa shape index (κ3) is 50.5. The second kappa shape index (κ2) is 50.6. The van der Waals surface area contributed by atoms with Gasteiger partial charge in [-0.05, 0) is 38.5 Å². The van der Waals surface area contributed by atoms with Gasteiger partial charge in [-0.3, -0.25) is 13.8 Å². The highest BCUT2D eigenvalue weighted by atomic mass is 31.2. The molecule has 0 aliphatic rings. The average Bonchev–Trinajstić information content (AvgIpc) is 3.28. The number of phosphoric ester groups is 1. The molecule has 0 fully saturated rings. The first-order valence-electron chi connectivity index (χ1n) is 27.2. The summed E-state index contributed by atoms with van der Waals surface area (Å²) >= 11 is 0. The van der Waals surface area contributed by atoms with Gasteiger partial charge in [0, 0.05) is 13.0 Å². The van der Waals surface area contributed by atoms with Crippen LogP contribution in [0.3, 0.4) is 0 Å². The van der Waals surface area contributed by atoms with Crippen molar-refractivity contribution in [3.05, 3.63) is 12.2 Å². The van der Waals surface area contributed by atoms with E-state index in [9.17, 15) is 19.4 Å². The number of aliphatic hydroxyl groups excluding tert-OH is 2. The quantitative estimate of drug-likeness (QED) is 0.0236. The molecular formula is C53H105O9P. The first-order valence-corrected chi connectivity index (χ1v) is 28.7. The van der Waals surface area contributed by atoms with Crippen molar-refractivity contribution in [3.63, 3.8) is 0 Å². The number of unbranched alkanes of at least 4 members (excludes halogenated alkanes) is 37. The molecule has 3 unspecified atom stereocenters. The monoisotopic (exact) mass is 917 g/mol. The highest BCUT2D eigenvalue weighted by Gasteiger charge is 2.26. The normalized spacial score (nSPS) is 13.8. The van der Waals surface area contributed by atoms with E-state index in [1.165, 1.54) is 225 Å². The number of carbonyl (C=O) groups excluding carboxylic acids is 1. The maximum Gasteiger partial charge on any atom is 0.472 e. The zero-order chi connectivity index (χ0) is 46.0. The molecule has 0 aliphatic heterocycles. The predicted octanol–water partition coefficient (Wildman–Crippen LogP) is 16.0. The van der Waals surface area contributed by atoms with Gasteiger partial charge in [0.2, 0.25) is 0 Å². The fourth-order valence-corrected chi connectivity index (χ4v) is 8.85. The van der Waals surface area contributed by atoms with Crippen LogP contribution in [0.25, 0.3) is 0 Å². The Bertz CT molecular complexity index is 996. The highest BCUT2D eigenvalue weighted by molar-refractivity contribution is 7.47. The Hall–Kier alpha value is -0.800. The molecule has 0 rings (SSSR count). The lowest BCUT2D eigenvalue weighted by atomic mass is 10.0. The standard InChI is InChI=1S/C53H105O9P/c1-3-5-7-9-11-13-15-17-19-21-23-25-26-28-30-32-34-36-38-40-42-44-46-59-49-52(50-61-63(57,58)60-48-51(55)47-54)62-53(56)45-43-41-39-37-35-33-31-29-27-24-22-20-18-16-14-12-10-8-6-4-2/h21,23,51-52,54-55H,3-20,22,24-50H2,1-2H3,(H,57,58)/b23-21-. The van der Waals surface area contributed by atoms with Gasteiger partial charge in [0.1, 0.15) is 12.2 Å². The Labute approximate surface area is 390 Å². The Morgan fingerprint density at radius 3 is 1.19 bits per heavy atom. The Morgan fingerprint density at radius 2 is 0.810 bits per heavy atom. The van der Waals surface area contributed by atoms with Gasteiger partial charge in [-0.2, -0.15) is 0 Å². The van der Waals surface area contributed by atoms with Crippen LogP contribution >= 0.6 is 7.82 Å². The smallest absolute Gasteiger partial charge is 0.457 e. The molecule has 0 radical (unpaired) electrons. The number of esters is 1. The van der Waals surface area contributed by atoms with Crippen LogP contribution in [0.2, 0.25) is 0 Å². The van der Waals surface area contributed by atoms with Crippen molar-refractivity contribution < 1.29 is 43.0 Å². The lowest BCUT2D eigenvalue weighted by molar-refractivity contribution is -0.154. The summed E-state index contributed by atoms with van der Waals surface area (Å²) < 4.78 is 33.6. The molecule has 376 valence electrons. The second-order valence-electron chi connectivity index (χ2n) is 18.6. The number of carbonyl (C=O) groups is 1. The van der Waals surface area contributed by atoms with Crippen molar-refractivity contribution >= 4 is 13.8 Å². The van der Waals surface area contributed by atoms with E-state index in [-0.39, 0.29) is 25.6 Å². The molecular weight excluding hydrogens is 812 g/mol. The molecule has 0 aliphatic carbocycles. The van der Waals surface area contributed by atoms with E-state index >= 15 is 0 Å². The minimum Gasteiger partial charge on any atom is -0.457 e. The number of hydrogen-bond donors (Lipinski definition) is 3. The Morgan fingerprint density at radius 1 is 0.476 bits per heavy atom. The van der Waals surface area contributed by atoms with Crippen LogP contribution in [-0.4, -0.2) is 66.3 Å². The summed E-state index contributed by atoms with van der Waals surface area (Å²) in [6, 6.07) is 0. The fraction of sp³-hybridized carbons (Fsp3) is 0.943. The highest BCUT2D eigenvalue weighted by Crippen LogP contribution is 2.43. The van der Waals surface area contributed by atoms with Crippen molar-refractivity contribution in [3.8, 4) is 0 Å². The van der Waals surface area contributed by atoms with Crippen molar-refractivity contribution in [2.24, 2.45) is 0 Å². The van der Waals surface area contributed by atoms with Gasteiger partial charge in [0.25, 0.3) is 0 Å². The summed E-state index contributed by atoms with van der Waals surface area (Å²) in [5, 5.41) is 18.4. The van der Waals surface area contributed by atoms with Crippen LogP contribution in [0.4, 0.5) is 0 Å². The molecule has 0 spiro atoms. The van der Waals surface area contributed by atoms with Gasteiger partial charge in [0.05, 0.1) is 26.4 Å². The molecule has 3 N–H and O–H groups in total. The minimum absolute atomic E-state index is 0.0549. The molecule has 0 heterocycles. The van der Waals surface area contributed by atoms with E-state index in [1.807, 2.05) is 0 Å². The molecule has 0 aromatic carbocycles. The van der Waals surface area contributed by atoms with Gasteiger partial charge in [-0.1, -0.05) is 244 Å². The maximum absolute atomic E-state index is 12.7. The largest absolute Gasteiger partial charge is 0.472 e. The summed E-state index contributed by atoms with van der Waals surface area (Å²) in [6.07, 6.45) is 54.7. The molecule has 3 atom stereocenters. The van der Waals surface area contributed by atoms with E-state index < -0.39 is 33.2 Å². The van der Waals surface area contributed by atoms with Crippen molar-refractivity contribution in [1.29, 1.82) is 0 Å². The predicted molar refractivity (Wildman–Crippen MR) is 265 cm³/mol. The number of aliphatic hydroxyl groups is 2. The van der Waals surface area contributed by atoms with E-state index in [4.69, 9.17) is 23.6 Å². The van der Waals surface area contributed by atoms with Crippen molar-refractivity contribution in [2.75, 3.05) is 33.0 Å². The zero-order valence-corrected chi connectivity index (χ0v) is 42.5. The number of rotatable bonds is 53. The third-order valence-electron chi connectivity index (χ3n) is 12.2. The summed E-state index contributed by atoms with van der Waals surface area (Å²) in [5.74, 6) is -0.375. The van der Waals surface area contributed by atoms with Gasteiger partial charge in [0.15, 0.2) is 0 Å². The Kier molecular flexibility index (Phi) is 50.0. The summed E-state index contributed by atoms with van der Waals surface area (Å²) in [4.78, 5) is 22.7. The number of phosphoric acid groups is 1. The lowest BCUT2D eigenvalue weighted by Crippen LogP contribution is -2.29. The van der Waals surface area contributed by atoms with Crippen LogP contribution in [-0.2, 0) is 27.9 Å². The molecule has 0 saturated heterocycles. The first kappa shape index (κ1) is 62.2. The molecule has 63 heavy (non-hydrogen) atoms. The topological polar surface area (TPSA) is 132 Å². The third-order valence-corrected chi connectivity index (χ3v) is 13.2. The van der Waals surface area contributed by atoms with Gasteiger partial charge < -0.3 is 24.6 Å². The molecule has 0 bridgehead atoms. The second-order valence-corrected chi connectivity index (χ2v) is 20.1. The summed E-state index contributed by atoms with van der Waals surface area (Å²) in [7, 11) is -4.52. The first-order chi connectivity index (χ1) is 30.8. The summed E-state index contributed by atoms with van der Waals surface area (Å²) in [5.41, 5.74) is 0. The van der Waals surface area contributed by atoms with Crippen LogP contribution in [0, 0.1) is 0 Å². The zero-order valence-electron chi connectivity index (χ0n) is 41.6. The van der Waals surface area contributed by atoms with Gasteiger partial charge >= 0.3 is 13.8 Å². The number of ether oxygens (including phenoxy) is 2. The molecule has 0 aromatic rings. The van der Waals surface area contributed by atoms with E-state index in [0.717, 1.165) is 32.1 Å². The number of hydrogen-bond acceptors (Lipinski definition) is 8. The molecule has 0 amide bonds. The van der Waals surface area contributed by atoms with Crippen molar-refractivity contribution in [1.82, 2.24) is 0 Å². The average molecular weight is 917 g/mol. The molecule has 9 nitrogen and oxygen atoms in total. The van der Waals surface area contributed by atoms with Crippen LogP contribution in [0.5, 0.6) is 0 Å². The molecule has 10 heteroatoms. The van der Waals surface area contributed by atoms with Crippen LogP contribution in [0.15, 0.2) is 12.2 Å². The number of allylic oxidation sites excluding steroid dienone is 2. The molecule has 0 saturated carbocycles.